The normalized spacial score (nSPS) is 12.6. The number of guanidine groups is 1. The van der Waals surface area contributed by atoms with Gasteiger partial charge in [-0.25, -0.2) is 13.1 Å². The average molecular weight is 304 g/mol. The van der Waals surface area contributed by atoms with Crippen molar-refractivity contribution in [2.24, 2.45) is 10.7 Å². The van der Waals surface area contributed by atoms with E-state index in [1.807, 2.05) is 13.8 Å². The van der Waals surface area contributed by atoms with Gasteiger partial charge in [0.05, 0.1) is 0 Å². The zero-order valence-electron chi connectivity index (χ0n) is 11.1. The Morgan fingerprint density at radius 1 is 1.42 bits per heavy atom. The van der Waals surface area contributed by atoms with Gasteiger partial charge in [0.2, 0.25) is 10.0 Å². The van der Waals surface area contributed by atoms with Crippen LogP contribution in [-0.2, 0) is 10.0 Å². The summed E-state index contributed by atoms with van der Waals surface area (Å²) in [6, 6.07) is 3.39. The van der Waals surface area contributed by atoms with Gasteiger partial charge in [-0.15, -0.1) is 11.3 Å². The lowest BCUT2D eigenvalue weighted by molar-refractivity contribution is 0.583. The van der Waals surface area contributed by atoms with Gasteiger partial charge in [0.1, 0.15) is 4.21 Å². The van der Waals surface area contributed by atoms with Crippen molar-refractivity contribution < 1.29 is 8.42 Å². The minimum absolute atomic E-state index is 0.266. The molecule has 0 fully saturated rings. The fraction of sp³-hybridized carbons (Fsp3) is 0.545. The molecule has 19 heavy (non-hydrogen) atoms. The highest BCUT2D eigenvalue weighted by molar-refractivity contribution is 7.91. The smallest absolute Gasteiger partial charge is 0.250 e. The number of nitrogens with one attached hydrogen (secondary N) is 2. The van der Waals surface area contributed by atoms with Gasteiger partial charge in [0, 0.05) is 24.5 Å². The molecule has 0 radical (unpaired) electrons. The summed E-state index contributed by atoms with van der Waals surface area (Å²) in [6.07, 6.45) is 0.923. The molecule has 0 aliphatic rings. The number of hydrogen-bond acceptors (Lipinski definition) is 4. The fourth-order valence-corrected chi connectivity index (χ4v) is 3.65. The molecule has 0 aromatic carbocycles. The van der Waals surface area contributed by atoms with Crippen LogP contribution in [0.4, 0.5) is 0 Å². The maximum Gasteiger partial charge on any atom is 0.250 e. The number of thiophene rings is 1. The van der Waals surface area contributed by atoms with E-state index < -0.39 is 10.0 Å². The molecule has 6 nitrogen and oxygen atoms in total. The Hall–Kier alpha value is -1.12. The number of rotatable bonds is 7. The van der Waals surface area contributed by atoms with Gasteiger partial charge >= 0.3 is 0 Å². The van der Waals surface area contributed by atoms with Crippen molar-refractivity contribution in [3.8, 4) is 0 Å². The monoisotopic (exact) mass is 304 g/mol. The second kappa shape index (κ2) is 7.46. The third-order valence-electron chi connectivity index (χ3n) is 2.21. The van der Waals surface area contributed by atoms with Gasteiger partial charge in [-0.05, 0) is 25.5 Å². The molecule has 1 aromatic heterocycles. The Morgan fingerprint density at radius 2 is 2.16 bits per heavy atom. The topological polar surface area (TPSA) is 96.6 Å². The quantitative estimate of drug-likeness (QED) is 0.391. The zero-order chi connectivity index (χ0) is 14.3. The Kier molecular flexibility index (Phi) is 6.26. The van der Waals surface area contributed by atoms with Crippen LogP contribution in [0.5, 0.6) is 0 Å². The number of aliphatic imine (C=N–C) groups is 1. The molecular formula is C11H20N4O2S2. The largest absolute Gasteiger partial charge is 0.370 e. The standard InChI is InChI=1S/C11H20N4O2S2/c1-3-6-13-11(12)14-7-8-15-19(16,17)10-5-4-9(2)18-10/h4-5,15H,3,6-8H2,1-2H3,(H3,12,13,14). The summed E-state index contributed by atoms with van der Waals surface area (Å²) >= 11 is 1.25. The van der Waals surface area contributed by atoms with Crippen LogP contribution < -0.4 is 15.8 Å². The Balaban J connectivity index is 2.37. The second-order valence-corrected chi connectivity index (χ2v) is 7.24. The highest BCUT2D eigenvalue weighted by Crippen LogP contribution is 2.19. The van der Waals surface area contributed by atoms with Gasteiger partial charge in [-0.1, -0.05) is 6.92 Å². The van der Waals surface area contributed by atoms with Crippen LogP contribution in [0, 0.1) is 6.92 Å². The molecule has 1 aromatic rings. The lowest BCUT2D eigenvalue weighted by Gasteiger charge is -2.07. The van der Waals surface area contributed by atoms with Crippen LogP contribution in [0.25, 0.3) is 0 Å². The first-order chi connectivity index (χ1) is 8.95. The Bertz CT molecular complexity index is 523. The van der Waals surface area contributed by atoms with E-state index >= 15 is 0 Å². The van der Waals surface area contributed by atoms with Crippen molar-refractivity contribution in [1.82, 2.24) is 10.0 Å². The summed E-state index contributed by atoms with van der Waals surface area (Å²) in [4.78, 5) is 5.01. The number of aryl methyl sites for hydroxylation is 1. The van der Waals surface area contributed by atoms with E-state index in [9.17, 15) is 8.42 Å². The molecule has 0 spiro atoms. The average Bonchev–Trinajstić information content (AvgIpc) is 2.79. The SMILES string of the molecule is CCCN=C(N)NCCNS(=O)(=O)c1ccc(C)s1. The Labute approximate surface area is 118 Å². The zero-order valence-corrected chi connectivity index (χ0v) is 12.8. The van der Waals surface area contributed by atoms with Crippen LogP contribution in [0.15, 0.2) is 21.3 Å². The molecule has 0 saturated heterocycles. The van der Waals surface area contributed by atoms with Crippen molar-refractivity contribution in [2.45, 2.75) is 24.5 Å². The molecule has 0 aliphatic heterocycles. The van der Waals surface area contributed by atoms with E-state index in [0.29, 0.717) is 23.3 Å². The minimum atomic E-state index is -3.41. The summed E-state index contributed by atoms with van der Waals surface area (Å²) in [5.41, 5.74) is 5.59. The third kappa shape index (κ3) is 5.58. The molecule has 1 rings (SSSR count). The van der Waals surface area contributed by atoms with E-state index in [0.717, 1.165) is 11.3 Å². The van der Waals surface area contributed by atoms with Gasteiger partial charge in [-0.2, -0.15) is 0 Å². The van der Waals surface area contributed by atoms with Gasteiger partial charge < -0.3 is 11.1 Å². The molecule has 0 unspecified atom stereocenters. The number of nitrogens with two attached hydrogens (primary N) is 1. The molecule has 4 N–H and O–H groups in total. The van der Waals surface area contributed by atoms with Crippen molar-refractivity contribution in [3.63, 3.8) is 0 Å². The van der Waals surface area contributed by atoms with Crippen molar-refractivity contribution in [2.75, 3.05) is 19.6 Å². The molecule has 0 atom stereocenters. The highest BCUT2D eigenvalue weighted by Gasteiger charge is 2.14. The molecule has 0 saturated carbocycles. The second-order valence-electron chi connectivity index (χ2n) is 3.96. The lowest BCUT2D eigenvalue weighted by Crippen LogP contribution is -2.38. The molecule has 0 bridgehead atoms. The number of hydrogen-bond donors (Lipinski definition) is 3. The van der Waals surface area contributed by atoms with Crippen LogP contribution in [-0.4, -0.2) is 34.0 Å². The third-order valence-corrected chi connectivity index (χ3v) is 5.16. The summed E-state index contributed by atoms with van der Waals surface area (Å²) in [5.74, 6) is 0.341. The summed E-state index contributed by atoms with van der Waals surface area (Å²) in [7, 11) is -3.41. The van der Waals surface area contributed by atoms with E-state index in [-0.39, 0.29) is 6.54 Å². The van der Waals surface area contributed by atoms with Gasteiger partial charge in [-0.3, -0.25) is 4.99 Å². The molecule has 108 valence electrons. The first-order valence-corrected chi connectivity index (χ1v) is 8.35. The number of nitrogens with zero attached hydrogens (tertiary/aromatic N) is 1. The molecule has 1 heterocycles. The molecule has 0 amide bonds. The molecular weight excluding hydrogens is 284 g/mol. The number of sulfonamides is 1. The predicted molar refractivity (Wildman–Crippen MR) is 79.0 cm³/mol. The van der Waals surface area contributed by atoms with Crippen molar-refractivity contribution in [1.29, 1.82) is 0 Å². The van der Waals surface area contributed by atoms with E-state index in [1.54, 1.807) is 12.1 Å². The Morgan fingerprint density at radius 3 is 2.74 bits per heavy atom. The maximum absolute atomic E-state index is 11.9. The summed E-state index contributed by atoms with van der Waals surface area (Å²) in [5, 5.41) is 2.85. The fourth-order valence-electron chi connectivity index (χ4n) is 1.29. The van der Waals surface area contributed by atoms with Gasteiger partial charge in [0.15, 0.2) is 5.96 Å². The van der Waals surface area contributed by atoms with Crippen LogP contribution in [0.1, 0.15) is 18.2 Å². The van der Waals surface area contributed by atoms with Crippen molar-refractivity contribution >= 4 is 27.3 Å². The molecule has 8 heteroatoms. The van der Waals surface area contributed by atoms with E-state index in [1.165, 1.54) is 11.3 Å². The predicted octanol–water partition coefficient (Wildman–Crippen LogP) is 0.649. The summed E-state index contributed by atoms with van der Waals surface area (Å²) < 4.78 is 26.6. The van der Waals surface area contributed by atoms with Crippen LogP contribution >= 0.6 is 11.3 Å². The van der Waals surface area contributed by atoms with E-state index in [2.05, 4.69) is 15.0 Å². The van der Waals surface area contributed by atoms with E-state index in [4.69, 9.17) is 5.73 Å². The highest BCUT2D eigenvalue weighted by atomic mass is 32.2. The minimum Gasteiger partial charge on any atom is -0.370 e. The maximum atomic E-state index is 11.9. The first kappa shape index (κ1) is 15.9. The van der Waals surface area contributed by atoms with Crippen molar-refractivity contribution in [3.05, 3.63) is 17.0 Å². The van der Waals surface area contributed by atoms with Crippen LogP contribution in [0.2, 0.25) is 0 Å². The van der Waals surface area contributed by atoms with Gasteiger partial charge in [0.25, 0.3) is 0 Å². The first-order valence-electron chi connectivity index (χ1n) is 6.05. The van der Waals surface area contributed by atoms with Crippen LogP contribution in [0.3, 0.4) is 0 Å². The molecule has 0 aliphatic carbocycles. The lowest BCUT2D eigenvalue weighted by atomic mass is 10.5. The summed E-state index contributed by atoms with van der Waals surface area (Å²) in [6.45, 7) is 5.22.